The Morgan fingerprint density at radius 1 is 1.26 bits per heavy atom. The molecule has 19 heavy (non-hydrogen) atoms. The summed E-state index contributed by atoms with van der Waals surface area (Å²) >= 11 is 1.86. The second-order valence-corrected chi connectivity index (χ2v) is 6.10. The van der Waals surface area contributed by atoms with Gasteiger partial charge in [-0.05, 0) is 49.7 Å². The lowest BCUT2D eigenvalue weighted by Gasteiger charge is -2.19. The molecule has 1 aromatic carbocycles. The van der Waals surface area contributed by atoms with Crippen LogP contribution in [0.3, 0.4) is 0 Å². The molecule has 0 saturated heterocycles. The molecule has 2 rings (SSSR count). The van der Waals surface area contributed by atoms with Gasteiger partial charge in [-0.25, -0.2) is 0 Å². The molecule has 0 radical (unpaired) electrons. The molecule has 1 N–H and O–H groups in total. The molecule has 0 saturated carbocycles. The summed E-state index contributed by atoms with van der Waals surface area (Å²) in [5, 5.41) is 3.57. The Bertz CT molecular complexity index is 547. The monoisotopic (exact) mass is 275 g/mol. The van der Waals surface area contributed by atoms with Gasteiger partial charge in [-0.15, -0.1) is 11.3 Å². The van der Waals surface area contributed by atoms with Gasteiger partial charge in [-0.1, -0.05) is 19.1 Å². The van der Waals surface area contributed by atoms with E-state index in [1.54, 1.807) is 7.11 Å². The highest BCUT2D eigenvalue weighted by Crippen LogP contribution is 2.31. The van der Waals surface area contributed by atoms with Gasteiger partial charge in [0.1, 0.15) is 5.75 Å². The lowest BCUT2D eigenvalue weighted by atomic mass is 9.99. The lowest BCUT2D eigenvalue weighted by Crippen LogP contribution is -2.22. The van der Waals surface area contributed by atoms with Gasteiger partial charge in [0.15, 0.2) is 0 Å². The van der Waals surface area contributed by atoms with Crippen molar-refractivity contribution in [3.8, 4) is 5.75 Å². The van der Waals surface area contributed by atoms with Gasteiger partial charge >= 0.3 is 0 Å². The van der Waals surface area contributed by atoms with Crippen LogP contribution < -0.4 is 10.1 Å². The zero-order chi connectivity index (χ0) is 13.8. The predicted octanol–water partition coefficient (Wildman–Crippen LogP) is 4.07. The number of hydrogen-bond donors (Lipinski definition) is 1. The maximum atomic E-state index is 5.33. The standard InChI is InChI=1S/C16H21NOS/c1-5-17-16(15-9-11(2)19-12(15)3)13-7-6-8-14(10-13)18-4/h6-10,16-17H,5H2,1-4H3. The summed E-state index contributed by atoms with van der Waals surface area (Å²) in [5.41, 5.74) is 2.62. The van der Waals surface area contributed by atoms with Gasteiger partial charge < -0.3 is 10.1 Å². The van der Waals surface area contributed by atoms with E-state index in [0.717, 1.165) is 12.3 Å². The highest BCUT2D eigenvalue weighted by Gasteiger charge is 2.17. The Morgan fingerprint density at radius 3 is 2.63 bits per heavy atom. The number of ether oxygens (including phenoxy) is 1. The second-order valence-electron chi connectivity index (χ2n) is 4.64. The van der Waals surface area contributed by atoms with Crippen LogP contribution in [0.1, 0.15) is 33.8 Å². The summed E-state index contributed by atoms with van der Waals surface area (Å²) < 4.78 is 5.33. The van der Waals surface area contributed by atoms with E-state index in [9.17, 15) is 0 Å². The van der Waals surface area contributed by atoms with Gasteiger partial charge in [-0.3, -0.25) is 0 Å². The van der Waals surface area contributed by atoms with Crippen molar-refractivity contribution < 1.29 is 4.74 Å². The Hall–Kier alpha value is -1.32. The fourth-order valence-electron chi connectivity index (χ4n) is 2.37. The molecular formula is C16H21NOS. The maximum Gasteiger partial charge on any atom is 0.119 e. The molecule has 1 unspecified atom stereocenters. The van der Waals surface area contributed by atoms with Gasteiger partial charge in [-0.2, -0.15) is 0 Å². The molecule has 102 valence electrons. The van der Waals surface area contributed by atoms with Crippen molar-refractivity contribution in [2.24, 2.45) is 0 Å². The first-order chi connectivity index (χ1) is 9.15. The normalized spacial score (nSPS) is 12.4. The molecule has 3 heteroatoms. The number of nitrogens with one attached hydrogen (secondary N) is 1. The summed E-state index contributed by atoms with van der Waals surface area (Å²) in [6.07, 6.45) is 0. The van der Waals surface area contributed by atoms with E-state index in [1.807, 2.05) is 23.5 Å². The zero-order valence-corrected chi connectivity index (χ0v) is 12.8. The highest BCUT2D eigenvalue weighted by molar-refractivity contribution is 7.12. The molecule has 0 spiro atoms. The molecule has 0 aliphatic rings. The molecule has 0 amide bonds. The summed E-state index contributed by atoms with van der Waals surface area (Å²) in [5.74, 6) is 0.907. The first-order valence-corrected chi connectivity index (χ1v) is 7.41. The van der Waals surface area contributed by atoms with E-state index < -0.39 is 0 Å². The molecule has 0 aliphatic carbocycles. The van der Waals surface area contributed by atoms with Crippen LogP contribution in [-0.4, -0.2) is 13.7 Å². The minimum absolute atomic E-state index is 0.241. The third-order valence-corrected chi connectivity index (χ3v) is 4.21. The highest BCUT2D eigenvalue weighted by atomic mass is 32.1. The van der Waals surface area contributed by atoms with Crippen molar-refractivity contribution in [2.75, 3.05) is 13.7 Å². The summed E-state index contributed by atoms with van der Waals surface area (Å²) in [6, 6.07) is 10.8. The SMILES string of the molecule is CCNC(c1cccc(OC)c1)c1cc(C)sc1C. The van der Waals surface area contributed by atoms with Crippen molar-refractivity contribution >= 4 is 11.3 Å². The Kier molecular flexibility index (Phi) is 4.61. The number of benzene rings is 1. The largest absolute Gasteiger partial charge is 0.497 e. The first-order valence-electron chi connectivity index (χ1n) is 6.60. The van der Waals surface area contributed by atoms with Gasteiger partial charge in [0, 0.05) is 9.75 Å². The van der Waals surface area contributed by atoms with Crippen LogP contribution in [0.2, 0.25) is 0 Å². The number of methoxy groups -OCH3 is 1. The van der Waals surface area contributed by atoms with Crippen LogP contribution >= 0.6 is 11.3 Å². The van der Waals surface area contributed by atoms with E-state index in [4.69, 9.17) is 4.74 Å². The first kappa shape index (κ1) is 14.1. The molecule has 1 atom stereocenters. The smallest absolute Gasteiger partial charge is 0.119 e. The Morgan fingerprint density at radius 2 is 2.05 bits per heavy atom. The molecule has 1 aromatic heterocycles. The van der Waals surface area contributed by atoms with Crippen molar-refractivity contribution in [1.29, 1.82) is 0 Å². The number of aryl methyl sites for hydroxylation is 2. The Labute approximate surface area is 119 Å². The average Bonchev–Trinajstić information content (AvgIpc) is 2.75. The Balaban J connectivity index is 2.41. The van der Waals surface area contributed by atoms with Crippen LogP contribution in [0.15, 0.2) is 30.3 Å². The third kappa shape index (κ3) is 3.17. The van der Waals surface area contributed by atoms with Crippen molar-refractivity contribution in [3.63, 3.8) is 0 Å². The van der Waals surface area contributed by atoms with Crippen LogP contribution in [-0.2, 0) is 0 Å². The van der Waals surface area contributed by atoms with Gasteiger partial charge in [0.2, 0.25) is 0 Å². The lowest BCUT2D eigenvalue weighted by molar-refractivity contribution is 0.413. The molecule has 0 bridgehead atoms. The quantitative estimate of drug-likeness (QED) is 0.888. The van der Waals surface area contributed by atoms with Crippen LogP contribution in [0.25, 0.3) is 0 Å². The van der Waals surface area contributed by atoms with Crippen molar-refractivity contribution in [2.45, 2.75) is 26.8 Å². The van der Waals surface area contributed by atoms with Gasteiger partial charge in [0.25, 0.3) is 0 Å². The molecular weight excluding hydrogens is 254 g/mol. The van der Waals surface area contributed by atoms with Crippen LogP contribution in [0, 0.1) is 13.8 Å². The van der Waals surface area contributed by atoms with Crippen molar-refractivity contribution in [3.05, 3.63) is 51.2 Å². The number of rotatable bonds is 5. The van der Waals surface area contributed by atoms with Crippen LogP contribution in [0.5, 0.6) is 5.75 Å². The van der Waals surface area contributed by atoms with Gasteiger partial charge in [0.05, 0.1) is 13.2 Å². The predicted molar refractivity (Wildman–Crippen MR) is 82.3 cm³/mol. The maximum absolute atomic E-state index is 5.33. The summed E-state index contributed by atoms with van der Waals surface area (Å²) in [6.45, 7) is 7.44. The molecule has 2 nitrogen and oxygen atoms in total. The topological polar surface area (TPSA) is 21.3 Å². The minimum atomic E-state index is 0.241. The zero-order valence-electron chi connectivity index (χ0n) is 12.0. The van der Waals surface area contributed by atoms with E-state index >= 15 is 0 Å². The number of hydrogen-bond acceptors (Lipinski definition) is 3. The summed E-state index contributed by atoms with van der Waals surface area (Å²) in [7, 11) is 1.71. The fourth-order valence-corrected chi connectivity index (χ4v) is 3.33. The number of thiophene rings is 1. The van der Waals surface area contributed by atoms with Crippen molar-refractivity contribution in [1.82, 2.24) is 5.32 Å². The molecule has 1 heterocycles. The van der Waals surface area contributed by atoms with E-state index in [0.29, 0.717) is 0 Å². The fraction of sp³-hybridized carbons (Fsp3) is 0.375. The van der Waals surface area contributed by atoms with E-state index in [-0.39, 0.29) is 6.04 Å². The minimum Gasteiger partial charge on any atom is -0.497 e. The summed E-state index contributed by atoms with van der Waals surface area (Å²) in [4.78, 5) is 2.74. The average molecular weight is 275 g/mol. The third-order valence-electron chi connectivity index (χ3n) is 3.23. The van der Waals surface area contributed by atoms with E-state index in [2.05, 4.69) is 44.3 Å². The van der Waals surface area contributed by atoms with E-state index in [1.165, 1.54) is 20.9 Å². The van der Waals surface area contributed by atoms with Crippen LogP contribution in [0.4, 0.5) is 0 Å². The second kappa shape index (κ2) is 6.22. The molecule has 0 fully saturated rings. The molecule has 2 aromatic rings. The molecule has 0 aliphatic heterocycles.